The molecule has 0 saturated carbocycles. The number of allylic oxidation sites excluding steroid dienone is 2. The summed E-state index contributed by atoms with van der Waals surface area (Å²) in [5.41, 5.74) is 6.74. The number of benzene rings is 4. The molecule has 0 heterocycles. The van der Waals surface area contributed by atoms with Crippen LogP contribution in [0, 0.1) is 73.0 Å². The highest BCUT2D eigenvalue weighted by molar-refractivity contribution is 6.04. The summed E-state index contributed by atoms with van der Waals surface area (Å²) in [6.07, 6.45) is 0. The Hall–Kier alpha value is -5.68. The van der Waals surface area contributed by atoms with Crippen molar-refractivity contribution in [1.82, 2.24) is 0 Å². The van der Waals surface area contributed by atoms with Gasteiger partial charge in [-0.15, -0.1) is 0 Å². The summed E-state index contributed by atoms with van der Waals surface area (Å²) in [6.45, 7) is 7.89. The van der Waals surface area contributed by atoms with Crippen LogP contribution in [0.1, 0.15) is 55.6 Å². The van der Waals surface area contributed by atoms with Gasteiger partial charge in [0.15, 0.2) is 10.8 Å². The molecule has 6 rings (SSSR count). The van der Waals surface area contributed by atoms with Crippen molar-refractivity contribution in [3.8, 4) is 24.3 Å². The van der Waals surface area contributed by atoms with Gasteiger partial charge in [-0.3, -0.25) is 0 Å². The van der Waals surface area contributed by atoms with Gasteiger partial charge in [0.2, 0.25) is 0 Å². The molecule has 0 bridgehead atoms. The van der Waals surface area contributed by atoms with Gasteiger partial charge in [0, 0.05) is 11.1 Å². The van der Waals surface area contributed by atoms with E-state index >= 15 is 0 Å². The van der Waals surface area contributed by atoms with Crippen LogP contribution in [-0.4, -0.2) is 0 Å². The van der Waals surface area contributed by atoms with Crippen LogP contribution in [0.3, 0.4) is 0 Å². The Bertz CT molecular complexity index is 1870. The minimum atomic E-state index is -1.77. The Balaban J connectivity index is 1.98. The number of nitrogens with zero attached hydrogens (tertiary/aromatic N) is 4. The predicted octanol–water partition coefficient (Wildman–Crippen LogP) is 7.82. The molecule has 0 aliphatic heterocycles. The maximum atomic E-state index is 11.0. The van der Waals surface area contributed by atoms with Crippen LogP contribution in [-0.2, 0) is 10.8 Å². The minimum absolute atomic E-state index is 0.407. The topological polar surface area (TPSA) is 95.2 Å². The fraction of sp³-hybridized carbons (Fsp3) is 0.158. The summed E-state index contributed by atoms with van der Waals surface area (Å²) in [5, 5.41) is 44.1. The Morgan fingerprint density at radius 1 is 0.429 bits per heavy atom. The van der Waals surface area contributed by atoms with Crippen molar-refractivity contribution in [2.24, 2.45) is 0 Å². The van der Waals surface area contributed by atoms with Crippen molar-refractivity contribution >= 4 is 11.1 Å². The normalized spacial score (nSPS) is 15.7. The molecule has 0 fully saturated rings. The Kier molecular flexibility index (Phi) is 5.98. The van der Waals surface area contributed by atoms with E-state index in [4.69, 9.17) is 0 Å². The van der Waals surface area contributed by atoms with Crippen LogP contribution in [0.2, 0.25) is 0 Å². The van der Waals surface area contributed by atoms with Crippen LogP contribution in [0.25, 0.3) is 11.1 Å². The molecule has 4 aromatic carbocycles. The second-order valence-corrected chi connectivity index (χ2v) is 11.3. The van der Waals surface area contributed by atoms with Gasteiger partial charge < -0.3 is 0 Å². The largest absolute Gasteiger partial charge is 0.196 e. The average Bonchev–Trinajstić information content (AvgIpc) is 3.00. The van der Waals surface area contributed by atoms with E-state index in [9.17, 15) is 21.0 Å². The monoisotopic (exact) mass is 538 g/mol. The minimum Gasteiger partial charge on any atom is -0.196 e. The second kappa shape index (κ2) is 9.46. The zero-order valence-corrected chi connectivity index (χ0v) is 23.9. The van der Waals surface area contributed by atoms with Crippen molar-refractivity contribution in [3.63, 3.8) is 0 Å². The fourth-order valence-electron chi connectivity index (χ4n) is 6.47. The highest BCUT2D eigenvalue weighted by Crippen LogP contribution is 2.60. The van der Waals surface area contributed by atoms with Crippen molar-refractivity contribution in [2.45, 2.75) is 38.5 Å². The zero-order valence-electron chi connectivity index (χ0n) is 23.9. The molecular weight excluding hydrogens is 512 g/mol. The summed E-state index contributed by atoms with van der Waals surface area (Å²) in [6, 6.07) is 37.1. The molecule has 0 amide bonds. The predicted molar refractivity (Wildman–Crippen MR) is 163 cm³/mol. The third-order valence-electron chi connectivity index (χ3n) is 8.55. The summed E-state index contributed by atoms with van der Waals surface area (Å²) in [4.78, 5) is 0. The van der Waals surface area contributed by atoms with Gasteiger partial charge >= 0.3 is 0 Å². The first-order valence-electron chi connectivity index (χ1n) is 13.8. The summed E-state index contributed by atoms with van der Waals surface area (Å²) < 4.78 is 0. The molecule has 4 nitrogen and oxygen atoms in total. The first kappa shape index (κ1) is 26.5. The van der Waals surface area contributed by atoms with E-state index in [2.05, 4.69) is 24.3 Å². The number of aryl methyl sites for hydroxylation is 4. The van der Waals surface area contributed by atoms with Gasteiger partial charge in [-0.2, -0.15) is 21.0 Å². The Morgan fingerprint density at radius 2 is 0.738 bits per heavy atom. The van der Waals surface area contributed by atoms with Crippen LogP contribution in [0.15, 0.2) is 96.1 Å². The molecule has 0 atom stereocenters. The standard InChI is InChI=1S/C38H26N4/c1-23-5-11-27(12-6-23)33-29-15-9-25(3)17-31(29)38(21-41,22-42)36-34(28-13-7-24(2)8-14-28)30-16-10-26(4)18-32(30)37(19-39,20-40)35(33)36/h5-18H,1-4H3. The molecule has 2 aliphatic carbocycles. The van der Waals surface area contributed by atoms with Gasteiger partial charge in [0.1, 0.15) is 0 Å². The van der Waals surface area contributed by atoms with E-state index < -0.39 is 10.8 Å². The molecular formula is C38H26N4. The van der Waals surface area contributed by atoms with Crippen LogP contribution >= 0.6 is 0 Å². The summed E-state index contributed by atoms with van der Waals surface area (Å²) in [5.74, 6) is 0. The molecule has 0 N–H and O–H groups in total. The number of hydrogen-bond donors (Lipinski definition) is 0. The molecule has 4 heteroatoms. The number of rotatable bonds is 2. The second-order valence-electron chi connectivity index (χ2n) is 11.3. The third kappa shape index (κ3) is 3.50. The van der Waals surface area contributed by atoms with Gasteiger partial charge in [0.05, 0.1) is 24.3 Å². The summed E-state index contributed by atoms with van der Waals surface area (Å²) >= 11 is 0. The number of nitriles is 4. The maximum Gasteiger partial charge on any atom is 0.195 e. The van der Waals surface area contributed by atoms with Crippen molar-refractivity contribution in [2.75, 3.05) is 0 Å². The van der Waals surface area contributed by atoms with Crippen LogP contribution in [0.4, 0.5) is 0 Å². The number of fused-ring (bicyclic) bond motifs is 3. The highest BCUT2D eigenvalue weighted by Gasteiger charge is 2.57. The summed E-state index contributed by atoms with van der Waals surface area (Å²) in [7, 11) is 0. The van der Waals surface area contributed by atoms with E-state index in [-0.39, 0.29) is 0 Å². The molecule has 0 unspecified atom stereocenters. The smallest absolute Gasteiger partial charge is 0.195 e. The maximum absolute atomic E-state index is 11.0. The van der Waals surface area contributed by atoms with E-state index in [0.29, 0.717) is 44.5 Å². The van der Waals surface area contributed by atoms with Crippen molar-refractivity contribution in [3.05, 3.63) is 152 Å². The highest BCUT2D eigenvalue weighted by atomic mass is 14.6. The SMILES string of the molecule is Cc1ccc(C2=C3C(=C(c4ccc(C)cc4)c4ccc(C)cc4C3(C#N)C#N)C(C#N)(C#N)c3cc(C)ccc32)cc1. The van der Waals surface area contributed by atoms with Gasteiger partial charge in [-0.05, 0) is 72.2 Å². The molecule has 0 radical (unpaired) electrons. The van der Waals surface area contributed by atoms with Gasteiger partial charge in [0.25, 0.3) is 0 Å². The lowest BCUT2D eigenvalue weighted by molar-refractivity contribution is 0.731. The lowest BCUT2D eigenvalue weighted by atomic mass is 9.53. The first-order chi connectivity index (χ1) is 20.2. The fourth-order valence-corrected chi connectivity index (χ4v) is 6.47. The van der Waals surface area contributed by atoms with Crippen molar-refractivity contribution < 1.29 is 0 Å². The van der Waals surface area contributed by atoms with E-state index in [1.807, 2.05) is 113 Å². The first-order valence-corrected chi connectivity index (χ1v) is 13.8. The molecule has 0 aromatic heterocycles. The Morgan fingerprint density at radius 3 is 1.05 bits per heavy atom. The van der Waals surface area contributed by atoms with Gasteiger partial charge in [-0.25, -0.2) is 0 Å². The third-order valence-corrected chi connectivity index (χ3v) is 8.55. The molecule has 4 aromatic rings. The van der Waals surface area contributed by atoms with E-state index in [1.54, 1.807) is 0 Å². The van der Waals surface area contributed by atoms with Crippen LogP contribution < -0.4 is 0 Å². The molecule has 42 heavy (non-hydrogen) atoms. The van der Waals surface area contributed by atoms with Crippen LogP contribution in [0.5, 0.6) is 0 Å². The van der Waals surface area contributed by atoms with Crippen molar-refractivity contribution in [1.29, 1.82) is 21.0 Å². The lowest BCUT2D eigenvalue weighted by Gasteiger charge is -2.44. The Labute approximate surface area is 246 Å². The van der Waals surface area contributed by atoms with E-state index in [1.165, 1.54) is 0 Å². The molecule has 0 spiro atoms. The lowest BCUT2D eigenvalue weighted by Crippen LogP contribution is -2.42. The van der Waals surface area contributed by atoms with Gasteiger partial charge in [-0.1, -0.05) is 107 Å². The number of hydrogen-bond acceptors (Lipinski definition) is 4. The molecule has 0 saturated heterocycles. The van der Waals surface area contributed by atoms with E-state index in [0.717, 1.165) is 33.4 Å². The molecule has 198 valence electrons. The zero-order chi connectivity index (χ0) is 29.8. The average molecular weight is 539 g/mol. The molecule has 2 aliphatic rings. The quantitative estimate of drug-likeness (QED) is 0.260.